The number of hydrogen-bond acceptors (Lipinski definition) is 0. The Morgan fingerprint density at radius 3 is 2.25 bits per heavy atom. The lowest BCUT2D eigenvalue weighted by molar-refractivity contribution is 0.441. The minimum atomic E-state index is -1.38. The Balaban J connectivity index is 1.54. The zero-order valence-corrected chi connectivity index (χ0v) is 16.4. The van der Waals surface area contributed by atoms with E-state index in [2.05, 4.69) is 31.2 Å². The van der Waals surface area contributed by atoms with E-state index in [-0.39, 0.29) is 5.92 Å². The molecule has 0 amide bonds. The molecule has 0 nitrogen and oxygen atoms in total. The van der Waals surface area contributed by atoms with Gasteiger partial charge in [0.1, 0.15) is 0 Å². The predicted octanol–water partition coefficient (Wildman–Crippen LogP) is 6.84. The van der Waals surface area contributed by atoms with Gasteiger partial charge in [-0.3, -0.25) is 0 Å². The average molecular weight is 384 g/mol. The smallest absolute Gasteiger partial charge is 0.194 e. The second kappa shape index (κ2) is 8.14. The normalized spacial score (nSPS) is 21.6. The van der Waals surface area contributed by atoms with Crippen molar-refractivity contribution in [3.63, 3.8) is 0 Å². The Hall–Kier alpha value is -2.03. The molecule has 2 aromatic rings. The molecule has 148 valence electrons. The van der Waals surface area contributed by atoms with Gasteiger partial charge in [-0.15, -0.1) is 0 Å². The zero-order chi connectivity index (χ0) is 19.7. The number of allylic oxidation sites excluding steroid dienone is 2. The van der Waals surface area contributed by atoms with Crippen LogP contribution >= 0.6 is 0 Å². The topological polar surface area (TPSA) is 0 Å². The minimum absolute atomic E-state index is 0.0449. The fraction of sp³-hybridized carbons (Fsp3) is 0.440. The Labute approximate surface area is 165 Å². The summed E-state index contributed by atoms with van der Waals surface area (Å²) in [6.45, 7) is 2.20. The van der Waals surface area contributed by atoms with Crippen molar-refractivity contribution in [3.05, 3.63) is 81.7 Å². The van der Waals surface area contributed by atoms with E-state index in [1.54, 1.807) is 0 Å². The Kier molecular flexibility index (Phi) is 5.61. The molecule has 0 saturated heterocycles. The van der Waals surface area contributed by atoms with Gasteiger partial charge in [0.2, 0.25) is 0 Å². The van der Waals surface area contributed by atoms with Gasteiger partial charge in [0.25, 0.3) is 0 Å². The van der Waals surface area contributed by atoms with Crippen molar-refractivity contribution in [1.29, 1.82) is 0 Å². The first-order chi connectivity index (χ1) is 13.6. The SMILES string of the molecule is CCCC=CC1CCc2c(ccc3c2CCC(c2cc(F)c(F)c(F)c2)C3)C1. The summed E-state index contributed by atoms with van der Waals surface area (Å²) in [5.41, 5.74) is 6.29. The highest BCUT2D eigenvalue weighted by molar-refractivity contribution is 5.46. The van der Waals surface area contributed by atoms with E-state index in [1.807, 2.05) is 0 Å². The van der Waals surface area contributed by atoms with Crippen LogP contribution in [0.5, 0.6) is 0 Å². The molecule has 0 radical (unpaired) electrons. The summed E-state index contributed by atoms with van der Waals surface area (Å²) in [6.07, 6.45) is 13.0. The van der Waals surface area contributed by atoms with Crippen LogP contribution in [0.25, 0.3) is 0 Å². The molecule has 2 atom stereocenters. The quantitative estimate of drug-likeness (QED) is 0.400. The summed E-state index contributed by atoms with van der Waals surface area (Å²) in [5, 5.41) is 0. The van der Waals surface area contributed by atoms with Crippen LogP contribution in [0.2, 0.25) is 0 Å². The molecule has 0 spiro atoms. The number of halogens is 3. The van der Waals surface area contributed by atoms with Gasteiger partial charge in [0, 0.05) is 0 Å². The summed E-state index contributed by atoms with van der Waals surface area (Å²) >= 11 is 0. The number of hydrogen-bond donors (Lipinski definition) is 0. The molecule has 0 heterocycles. The molecular formula is C25H27F3. The lowest BCUT2D eigenvalue weighted by atomic mass is 9.74. The minimum Gasteiger partial charge on any atom is -0.204 e. The second-order valence-corrected chi connectivity index (χ2v) is 8.30. The highest BCUT2D eigenvalue weighted by atomic mass is 19.2. The Morgan fingerprint density at radius 2 is 1.57 bits per heavy atom. The second-order valence-electron chi connectivity index (χ2n) is 8.30. The van der Waals surface area contributed by atoms with E-state index in [4.69, 9.17) is 0 Å². The largest absolute Gasteiger partial charge is 0.204 e. The van der Waals surface area contributed by atoms with Crippen molar-refractivity contribution in [2.45, 2.75) is 64.2 Å². The van der Waals surface area contributed by atoms with Crippen LogP contribution in [0.15, 0.2) is 36.4 Å². The molecular weight excluding hydrogens is 357 g/mol. The maximum atomic E-state index is 13.6. The van der Waals surface area contributed by atoms with E-state index < -0.39 is 17.5 Å². The molecule has 0 N–H and O–H groups in total. The molecule has 2 aromatic carbocycles. The van der Waals surface area contributed by atoms with Crippen molar-refractivity contribution >= 4 is 0 Å². The zero-order valence-electron chi connectivity index (χ0n) is 16.4. The van der Waals surface area contributed by atoms with Gasteiger partial charge in [-0.1, -0.05) is 37.6 Å². The monoisotopic (exact) mass is 384 g/mol. The summed E-state index contributed by atoms with van der Waals surface area (Å²) in [6, 6.07) is 6.79. The lowest BCUT2D eigenvalue weighted by Gasteiger charge is -2.31. The number of fused-ring (bicyclic) bond motifs is 3. The van der Waals surface area contributed by atoms with E-state index in [0.717, 1.165) is 38.5 Å². The van der Waals surface area contributed by atoms with Gasteiger partial charge in [-0.25, -0.2) is 13.2 Å². The molecule has 0 aromatic heterocycles. The fourth-order valence-electron chi connectivity index (χ4n) is 4.91. The van der Waals surface area contributed by atoms with Crippen molar-refractivity contribution in [3.8, 4) is 0 Å². The van der Waals surface area contributed by atoms with E-state index >= 15 is 0 Å². The maximum absolute atomic E-state index is 13.6. The first-order valence-corrected chi connectivity index (χ1v) is 10.5. The molecule has 0 aliphatic heterocycles. The number of benzene rings is 2. The van der Waals surface area contributed by atoms with E-state index in [9.17, 15) is 13.2 Å². The third kappa shape index (κ3) is 3.76. The van der Waals surface area contributed by atoms with E-state index in [0.29, 0.717) is 11.5 Å². The molecule has 2 aliphatic carbocycles. The first-order valence-electron chi connectivity index (χ1n) is 10.5. The summed E-state index contributed by atoms with van der Waals surface area (Å²) < 4.78 is 40.6. The van der Waals surface area contributed by atoms with Crippen LogP contribution < -0.4 is 0 Å². The highest BCUT2D eigenvalue weighted by Crippen LogP contribution is 2.39. The molecule has 3 heteroatoms. The molecule has 0 fully saturated rings. The van der Waals surface area contributed by atoms with Crippen LogP contribution in [-0.4, -0.2) is 0 Å². The lowest BCUT2D eigenvalue weighted by Crippen LogP contribution is -2.20. The molecule has 0 saturated carbocycles. The van der Waals surface area contributed by atoms with Gasteiger partial charge >= 0.3 is 0 Å². The van der Waals surface area contributed by atoms with Gasteiger partial charge in [0.15, 0.2) is 17.5 Å². The van der Waals surface area contributed by atoms with Gasteiger partial charge < -0.3 is 0 Å². The van der Waals surface area contributed by atoms with Crippen molar-refractivity contribution in [2.75, 3.05) is 0 Å². The maximum Gasteiger partial charge on any atom is 0.194 e. The van der Waals surface area contributed by atoms with Gasteiger partial charge in [0.05, 0.1) is 0 Å². The van der Waals surface area contributed by atoms with Crippen molar-refractivity contribution in [2.24, 2.45) is 5.92 Å². The third-order valence-corrected chi connectivity index (χ3v) is 6.42. The van der Waals surface area contributed by atoms with Gasteiger partial charge in [-0.2, -0.15) is 0 Å². The summed E-state index contributed by atoms with van der Waals surface area (Å²) in [5.74, 6) is -2.87. The van der Waals surface area contributed by atoms with Crippen LogP contribution in [-0.2, 0) is 25.7 Å². The third-order valence-electron chi connectivity index (χ3n) is 6.42. The van der Waals surface area contributed by atoms with Crippen LogP contribution in [0, 0.1) is 23.4 Å². The highest BCUT2D eigenvalue weighted by Gasteiger charge is 2.27. The average Bonchev–Trinajstić information content (AvgIpc) is 2.71. The number of unbranched alkanes of at least 4 members (excludes halogenated alkanes) is 1. The first kappa shape index (κ1) is 19.3. The van der Waals surface area contributed by atoms with E-state index in [1.165, 1.54) is 47.2 Å². The Bertz CT molecular complexity index is 874. The van der Waals surface area contributed by atoms with Gasteiger partial charge in [-0.05, 0) is 96.7 Å². The molecule has 2 unspecified atom stereocenters. The fourth-order valence-corrected chi connectivity index (χ4v) is 4.91. The molecule has 28 heavy (non-hydrogen) atoms. The van der Waals surface area contributed by atoms with Crippen LogP contribution in [0.4, 0.5) is 13.2 Å². The van der Waals surface area contributed by atoms with Crippen molar-refractivity contribution in [1.82, 2.24) is 0 Å². The summed E-state index contributed by atoms with van der Waals surface area (Å²) in [7, 11) is 0. The standard InChI is InChI=1S/C25H27F3/c1-2-3-4-5-16-6-10-21-18(12-16)7-8-19-13-17(9-11-22(19)21)20-14-23(26)25(28)24(27)15-20/h4-5,7-8,14-17H,2-3,6,9-13H2,1H3. The molecule has 2 aliphatic rings. The number of rotatable bonds is 4. The van der Waals surface area contributed by atoms with Crippen LogP contribution in [0.1, 0.15) is 66.3 Å². The predicted molar refractivity (Wildman–Crippen MR) is 107 cm³/mol. The van der Waals surface area contributed by atoms with Crippen molar-refractivity contribution < 1.29 is 13.2 Å². The van der Waals surface area contributed by atoms with Crippen LogP contribution in [0.3, 0.4) is 0 Å². The molecule has 0 bridgehead atoms. The summed E-state index contributed by atoms with van der Waals surface area (Å²) in [4.78, 5) is 0. The molecule has 4 rings (SSSR count). The Morgan fingerprint density at radius 1 is 0.929 bits per heavy atom.